The molecule has 6 atom stereocenters. The van der Waals surface area contributed by atoms with Gasteiger partial charge in [0.05, 0.1) is 31.6 Å². The average Bonchev–Trinajstić information content (AvgIpc) is 4.16. The number of alkyl carbamates (subject to hydrolysis) is 2. The number of hydrogen-bond acceptors (Lipinski definition) is 9. The van der Waals surface area contributed by atoms with Crippen molar-refractivity contribution in [1.82, 2.24) is 40.4 Å². The van der Waals surface area contributed by atoms with Gasteiger partial charge in [0, 0.05) is 41.3 Å². The molecule has 18 heteroatoms. The molecule has 2 fully saturated rings. The predicted molar refractivity (Wildman–Crippen MR) is 247 cm³/mol. The Morgan fingerprint density at radius 1 is 0.662 bits per heavy atom. The molecular weight excluding hydrogens is 892 g/mol. The lowest BCUT2D eigenvalue weighted by molar-refractivity contribution is -0.135. The van der Waals surface area contributed by atoms with Crippen molar-refractivity contribution in [3.05, 3.63) is 142 Å². The number of aromatic amines is 2. The fourth-order valence-electron chi connectivity index (χ4n) is 8.48. The van der Waals surface area contributed by atoms with Crippen LogP contribution in [0.4, 0.5) is 9.59 Å². The van der Waals surface area contributed by atoms with E-state index >= 15 is 0 Å². The lowest BCUT2D eigenvalue weighted by Crippen LogP contribution is -2.43. The van der Waals surface area contributed by atoms with Crippen LogP contribution in [0, 0.1) is 0 Å². The SMILES string of the molecule is COC(=O)NC(C(=O)N1C[C@@H](S(C)=O)C[C@H]1c1nc(-c2ccc(-c3ccc(-c4nc([C@@H]5CCCN5C(=O)[C@@H](NC(=O)OC)c5ccccc5)[nH]c4Cl)cc3)cc2)c(Cl)[nH]1)c1ccccc1. The molecule has 4 N–H and O–H groups in total. The fraction of sp³-hybridized carbons (Fsp3) is 0.277. The number of H-pyrrole nitrogens is 2. The molecule has 0 spiro atoms. The van der Waals surface area contributed by atoms with Gasteiger partial charge in [0.15, 0.2) is 0 Å². The maximum absolute atomic E-state index is 14.2. The standard InChI is InChI=1S/C47H46Cl2N8O7S/c1-63-46(60)52-38(29-11-6-4-7-12-29)44(58)56-24-10-15-34(56)42-50-36(40(48)54-42)31-20-16-27(17-21-31)28-18-22-32(23-19-28)37-41(49)55-43(51-37)35-25-33(65(3)62)26-57(35)45(59)39(53-47(61)64-2)30-13-8-5-9-14-30/h4-9,11-14,16-23,33-35,38-39H,10,15,24-26H2,1-3H3,(H,50,54)(H,51,55)(H,52,60)(H,53,61)/t33-,34-,35-,38-,39?,65?/m0/s1. The van der Waals surface area contributed by atoms with Gasteiger partial charge in [-0.25, -0.2) is 19.6 Å². The topological polar surface area (TPSA) is 192 Å². The van der Waals surface area contributed by atoms with Crippen molar-refractivity contribution < 1.29 is 32.9 Å². The molecule has 2 aliphatic rings. The Kier molecular flexibility index (Phi) is 13.7. The minimum Gasteiger partial charge on any atom is -0.453 e. The van der Waals surface area contributed by atoms with E-state index in [0.29, 0.717) is 58.7 Å². The zero-order valence-corrected chi connectivity index (χ0v) is 38.0. The van der Waals surface area contributed by atoms with Crippen LogP contribution in [0.3, 0.4) is 0 Å². The van der Waals surface area contributed by atoms with E-state index in [1.54, 1.807) is 52.5 Å². The maximum Gasteiger partial charge on any atom is 0.407 e. The molecule has 65 heavy (non-hydrogen) atoms. The Balaban J connectivity index is 0.981. The molecule has 336 valence electrons. The van der Waals surface area contributed by atoms with Gasteiger partial charge in [-0.05, 0) is 41.5 Å². The highest BCUT2D eigenvalue weighted by Gasteiger charge is 2.43. The summed E-state index contributed by atoms with van der Waals surface area (Å²) in [6.45, 7) is 0.682. The van der Waals surface area contributed by atoms with Crippen molar-refractivity contribution in [2.24, 2.45) is 0 Å². The summed E-state index contributed by atoms with van der Waals surface area (Å²) in [6.07, 6.45) is 1.94. The van der Waals surface area contributed by atoms with Gasteiger partial charge in [-0.3, -0.25) is 13.8 Å². The largest absolute Gasteiger partial charge is 0.453 e. The number of benzene rings is 4. The second-order valence-corrected chi connectivity index (χ2v) is 18.2. The zero-order valence-electron chi connectivity index (χ0n) is 35.6. The number of hydrogen-bond donors (Lipinski definition) is 4. The maximum atomic E-state index is 14.2. The smallest absolute Gasteiger partial charge is 0.407 e. The van der Waals surface area contributed by atoms with Crippen molar-refractivity contribution in [3.63, 3.8) is 0 Å². The average molecular weight is 938 g/mol. The third kappa shape index (κ3) is 9.65. The number of nitrogens with zero attached hydrogens (tertiary/aromatic N) is 4. The third-order valence-electron chi connectivity index (χ3n) is 11.8. The van der Waals surface area contributed by atoms with Crippen molar-refractivity contribution in [2.75, 3.05) is 33.6 Å². The molecule has 15 nitrogen and oxygen atoms in total. The highest BCUT2D eigenvalue weighted by atomic mass is 35.5. The Labute approximate surface area is 387 Å². The Bertz CT molecular complexity index is 2700. The molecule has 2 saturated heterocycles. The molecular formula is C47H46Cl2N8O7S. The van der Waals surface area contributed by atoms with Gasteiger partial charge in [-0.1, -0.05) is 132 Å². The first-order valence-corrected chi connectivity index (χ1v) is 23.3. The lowest BCUT2D eigenvalue weighted by Gasteiger charge is -2.28. The predicted octanol–water partition coefficient (Wildman–Crippen LogP) is 8.32. The van der Waals surface area contributed by atoms with Crippen molar-refractivity contribution in [1.29, 1.82) is 0 Å². The summed E-state index contributed by atoms with van der Waals surface area (Å²) < 4.78 is 22.4. The third-order valence-corrected chi connectivity index (χ3v) is 13.7. The summed E-state index contributed by atoms with van der Waals surface area (Å²) >= 11 is 13.6. The molecule has 6 aromatic rings. The first-order valence-electron chi connectivity index (χ1n) is 20.9. The number of imidazole rings is 2. The van der Waals surface area contributed by atoms with Crippen LogP contribution in [0.15, 0.2) is 109 Å². The second kappa shape index (κ2) is 19.7. The number of nitrogens with one attached hydrogen (secondary N) is 4. The minimum atomic E-state index is -1.24. The molecule has 2 unspecified atom stereocenters. The van der Waals surface area contributed by atoms with E-state index in [1.165, 1.54) is 14.2 Å². The zero-order chi connectivity index (χ0) is 45.8. The van der Waals surface area contributed by atoms with E-state index in [4.69, 9.17) is 42.6 Å². The van der Waals surface area contributed by atoms with Crippen molar-refractivity contribution in [3.8, 4) is 33.6 Å². The van der Waals surface area contributed by atoms with Crippen LogP contribution in [0.25, 0.3) is 33.6 Å². The number of halogens is 2. The Morgan fingerprint density at radius 3 is 1.54 bits per heavy atom. The summed E-state index contributed by atoms with van der Waals surface area (Å²) in [6, 6.07) is 30.5. The van der Waals surface area contributed by atoms with Gasteiger partial charge in [0.1, 0.15) is 45.4 Å². The van der Waals surface area contributed by atoms with E-state index in [1.807, 2.05) is 72.8 Å². The van der Waals surface area contributed by atoms with E-state index in [0.717, 1.165) is 28.7 Å². The number of ether oxygens (including phenoxy) is 2. The van der Waals surface area contributed by atoms with E-state index < -0.39 is 47.0 Å². The minimum absolute atomic E-state index is 0.195. The van der Waals surface area contributed by atoms with E-state index in [-0.39, 0.29) is 28.9 Å². The van der Waals surface area contributed by atoms with Crippen LogP contribution >= 0.6 is 23.2 Å². The Hall–Kier alpha value is -6.49. The first kappa shape index (κ1) is 45.1. The van der Waals surface area contributed by atoms with Gasteiger partial charge >= 0.3 is 12.2 Å². The molecule has 0 saturated carbocycles. The van der Waals surface area contributed by atoms with Crippen LogP contribution in [0.2, 0.25) is 10.3 Å². The van der Waals surface area contributed by atoms with E-state index in [2.05, 4.69) is 20.6 Å². The number of likely N-dealkylation sites (tertiary alicyclic amines) is 2. The number of aromatic nitrogens is 4. The van der Waals surface area contributed by atoms with E-state index in [9.17, 15) is 23.4 Å². The quantitative estimate of drug-likeness (QED) is 0.0935. The molecule has 0 bridgehead atoms. The lowest BCUT2D eigenvalue weighted by atomic mass is 10.0. The molecule has 8 rings (SSSR count). The van der Waals surface area contributed by atoms with Crippen LogP contribution < -0.4 is 10.6 Å². The Morgan fingerprint density at radius 2 is 1.09 bits per heavy atom. The van der Waals surface area contributed by atoms with Crippen molar-refractivity contribution in [2.45, 2.75) is 48.7 Å². The summed E-state index contributed by atoms with van der Waals surface area (Å²) in [5.74, 6) is 0.327. The summed E-state index contributed by atoms with van der Waals surface area (Å²) in [4.78, 5) is 72.3. The van der Waals surface area contributed by atoms with Crippen molar-refractivity contribution >= 4 is 58.0 Å². The molecule has 4 heterocycles. The van der Waals surface area contributed by atoms with Crippen LogP contribution in [0.5, 0.6) is 0 Å². The number of rotatable bonds is 12. The summed E-state index contributed by atoms with van der Waals surface area (Å²) in [5, 5.41) is 5.65. The number of amides is 4. The molecule has 2 aromatic heterocycles. The number of carbonyl (C=O) groups excluding carboxylic acids is 4. The number of methoxy groups -OCH3 is 2. The van der Waals surface area contributed by atoms with Crippen LogP contribution in [0.1, 0.15) is 66.2 Å². The number of carbonyl (C=O) groups is 4. The summed E-state index contributed by atoms with van der Waals surface area (Å²) in [7, 11) is 1.25. The van der Waals surface area contributed by atoms with Gasteiger partial charge in [0.2, 0.25) is 0 Å². The summed E-state index contributed by atoms with van der Waals surface area (Å²) in [5.41, 5.74) is 5.64. The van der Waals surface area contributed by atoms with Crippen LogP contribution in [-0.2, 0) is 29.9 Å². The fourth-order valence-corrected chi connectivity index (χ4v) is 9.80. The first-order chi connectivity index (χ1) is 31.4. The highest BCUT2D eigenvalue weighted by molar-refractivity contribution is 7.84. The van der Waals surface area contributed by atoms with Gasteiger partial charge in [-0.15, -0.1) is 0 Å². The molecule has 4 aromatic carbocycles. The molecule has 0 aliphatic carbocycles. The molecule has 4 amide bonds. The van der Waals surface area contributed by atoms with Crippen LogP contribution in [-0.4, -0.2) is 96.8 Å². The highest BCUT2D eigenvalue weighted by Crippen LogP contribution is 2.40. The molecule has 0 radical (unpaired) electrons. The molecule has 2 aliphatic heterocycles. The van der Waals surface area contributed by atoms with Gasteiger partial charge in [0.25, 0.3) is 11.8 Å². The monoisotopic (exact) mass is 936 g/mol. The van der Waals surface area contributed by atoms with Gasteiger partial charge < -0.3 is 39.9 Å². The van der Waals surface area contributed by atoms with Gasteiger partial charge in [-0.2, -0.15) is 0 Å². The second-order valence-electron chi connectivity index (χ2n) is 15.7. The normalized spacial score (nSPS) is 18.4.